The van der Waals surface area contributed by atoms with Crippen LogP contribution in [0.3, 0.4) is 0 Å². The number of halogens is 2. The number of ether oxygens (including phenoxy) is 1. The topological polar surface area (TPSA) is 111 Å². The molecule has 0 aliphatic carbocycles. The molecule has 0 radical (unpaired) electrons. The van der Waals surface area contributed by atoms with Gasteiger partial charge in [-0.25, -0.2) is 4.39 Å². The lowest BCUT2D eigenvalue weighted by Gasteiger charge is -2.31. The number of carbonyl (C=O) groups is 2. The van der Waals surface area contributed by atoms with E-state index in [1.165, 1.54) is 19.2 Å². The quantitative estimate of drug-likeness (QED) is 0.542. The summed E-state index contributed by atoms with van der Waals surface area (Å²) in [7, 11) is 1.42. The second kappa shape index (κ2) is 10.6. The molecule has 3 aromatic rings. The number of rotatable bonds is 7. The molecular weight excluding hydrogens is 451 g/mol. The minimum Gasteiger partial charge on any atom is -0.496 e. The number of likely N-dealkylation sites (tertiary alicyclic amines) is 1. The van der Waals surface area contributed by atoms with E-state index >= 15 is 0 Å². The number of primary amides is 1. The molecule has 33 heavy (non-hydrogen) atoms. The summed E-state index contributed by atoms with van der Waals surface area (Å²) in [6.45, 7) is 2.81. The number of nitrogens with zero attached hydrogens (tertiary/aromatic N) is 2. The van der Waals surface area contributed by atoms with Crippen molar-refractivity contribution < 1.29 is 23.2 Å². The summed E-state index contributed by atoms with van der Waals surface area (Å²) >= 11 is 0. The third kappa shape index (κ3) is 5.26. The van der Waals surface area contributed by atoms with Gasteiger partial charge in [-0.15, -0.1) is 12.4 Å². The van der Waals surface area contributed by atoms with Crippen LogP contribution < -0.4 is 15.8 Å². The van der Waals surface area contributed by atoms with Gasteiger partial charge in [0.25, 0.3) is 11.8 Å². The molecule has 4 rings (SSSR count). The molecule has 0 bridgehead atoms. The van der Waals surface area contributed by atoms with Crippen LogP contribution in [-0.4, -0.2) is 55.2 Å². The summed E-state index contributed by atoms with van der Waals surface area (Å²) in [5, 5.41) is 7.89. The Morgan fingerprint density at radius 2 is 2.03 bits per heavy atom. The van der Waals surface area contributed by atoms with Gasteiger partial charge in [0, 0.05) is 30.5 Å². The Morgan fingerprint density at radius 3 is 2.73 bits per heavy atom. The maximum atomic E-state index is 13.4. The molecule has 3 N–H and O–H groups in total. The number of benzene rings is 2. The first-order valence-corrected chi connectivity index (χ1v) is 10.5. The Morgan fingerprint density at radius 1 is 1.27 bits per heavy atom. The van der Waals surface area contributed by atoms with Crippen molar-refractivity contribution in [1.82, 2.24) is 15.4 Å². The Kier molecular flexibility index (Phi) is 7.88. The van der Waals surface area contributed by atoms with Crippen molar-refractivity contribution in [2.24, 2.45) is 5.73 Å². The van der Waals surface area contributed by atoms with E-state index in [4.69, 9.17) is 15.0 Å². The zero-order chi connectivity index (χ0) is 22.7. The Hall–Kier alpha value is -3.17. The summed E-state index contributed by atoms with van der Waals surface area (Å²) in [5.74, 6) is -0.890. The lowest BCUT2D eigenvalue weighted by molar-refractivity contribution is 0.0928. The Bertz CT molecular complexity index is 1140. The van der Waals surface area contributed by atoms with Crippen molar-refractivity contribution in [3.05, 3.63) is 59.0 Å². The van der Waals surface area contributed by atoms with E-state index in [9.17, 15) is 14.0 Å². The van der Waals surface area contributed by atoms with E-state index in [2.05, 4.69) is 15.4 Å². The second-order valence-electron chi connectivity index (χ2n) is 7.83. The Balaban J connectivity index is 0.00000306. The van der Waals surface area contributed by atoms with Crippen molar-refractivity contribution in [3.8, 4) is 5.75 Å². The van der Waals surface area contributed by atoms with Crippen molar-refractivity contribution >= 4 is 35.2 Å². The zero-order valence-electron chi connectivity index (χ0n) is 18.2. The highest BCUT2D eigenvalue weighted by molar-refractivity contribution is 6.08. The van der Waals surface area contributed by atoms with Gasteiger partial charge in [0.1, 0.15) is 11.6 Å². The van der Waals surface area contributed by atoms with Crippen molar-refractivity contribution in [3.63, 3.8) is 0 Å². The number of methoxy groups -OCH3 is 1. The normalized spacial score (nSPS) is 14.6. The van der Waals surface area contributed by atoms with E-state index in [-0.39, 0.29) is 46.9 Å². The summed E-state index contributed by atoms with van der Waals surface area (Å²) in [4.78, 5) is 26.6. The van der Waals surface area contributed by atoms with Crippen molar-refractivity contribution in [2.45, 2.75) is 18.8 Å². The van der Waals surface area contributed by atoms with Crippen LogP contribution in [0.2, 0.25) is 0 Å². The first-order valence-electron chi connectivity index (χ1n) is 10.5. The fourth-order valence-electron chi connectivity index (χ4n) is 4.22. The van der Waals surface area contributed by atoms with E-state index in [1.54, 1.807) is 24.3 Å². The molecule has 10 heteroatoms. The van der Waals surface area contributed by atoms with Gasteiger partial charge in [-0.05, 0) is 50.2 Å². The summed E-state index contributed by atoms with van der Waals surface area (Å²) in [6.07, 6.45) is 1.79. The molecule has 8 nitrogen and oxygen atoms in total. The minimum atomic E-state index is -0.710. The molecule has 0 atom stereocenters. The predicted octanol–water partition coefficient (Wildman–Crippen LogP) is 3.11. The average molecular weight is 477 g/mol. The summed E-state index contributed by atoms with van der Waals surface area (Å²) < 4.78 is 23.8. The summed E-state index contributed by atoms with van der Waals surface area (Å²) in [6, 6.07) is 9.29. The molecule has 176 valence electrons. The molecule has 0 saturated carbocycles. The van der Waals surface area contributed by atoms with Crippen LogP contribution in [0.4, 0.5) is 4.39 Å². The molecule has 0 spiro atoms. The minimum absolute atomic E-state index is 0. The molecule has 1 aliphatic heterocycles. The highest BCUT2D eigenvalue weighted by Gasteiger charge is 2.25. The SMILES string of the molecule is COc1cccc(C(=O)NCCN2CCC(c3noc4cc(F)ccc34)CC2)c1C(N)=O.Cl. The summed E-state index contributed by atoms with van der Waals surface area (Å²) in [5.41, 5.74) is 7.06. The monoisotopic (exact) mass is 476 g/mol. The first kappa shape index (κ1) is 24.5. The molecule has 1 saturated heterocycles. The van der Waals surface area contributed by atoms with Crippen LogP contribution in [0.25, 0.3) is 11.0 Å². The van der Waals surface area contributed by atoms with E-state index in [1.807, 2.05) is 0 Å². The van der Waals surface area contributed by atoms with E-state index in [0.717, 1.165) is 37.0 Å². The molecule has 1 aliphatic rings. The number of piperidine rings is 1. The molecule has 2 heterocycles. The molecular formula is C23H26ClFN4O4. The van der Waals surface area contributed by atoms with Gasteiger partial charge < -0.3 is 25.2 Å². The van der Waals surface area contributed by atoms with E-state index in [0.29, 0.717) is 18.7 Å². The maximum Gasteiger partial charge on any atom is 0.253 e. The van der Waals surface area contributed by atoms with Gasteiger partial charge >= 0.3 is 0 Å². The van der Waals surface area contributed by atoms with Gasteiger partial charge in [-0.1, -0.05) is 11.2 Å². The zero-order valence-corrected chi connectivity index (χ0v) is 19.0. The highest BCUT2D eigenvalue weighted by Crippen LogP contribution is 2.32. The van der Waals surface area contributed by atoms with Gasteiger partial charge in [0.05, 0.1) is 23.9 Å². The standard InChI is InChI=1S/C23H25FN4O4.ClH/c1-31-18-4-2-3-17(20(18)22(25)29)23(30)26-9-12-28-10-7-14(8-11-28)21-16-6-5-15(24)13-19(16)32-27-21;/h2-6,13-14H,7-12H2,1H3,(H2,25,29)(H,26,30);1H. The van der Waals surface area contributed by atoms with Crippen LogP contribution in [0.1, 0.15) is 45.2 Å². The van der Waals surface area contributed by atoms with Crippen molar-refractivity contribution in [2.75, 3.05) is 33.3 Å². The lowest BCUT2D eigenvalue weighted by atomic mass is 9.91. The number of nitrogens with one attached hydrogen (secondary N) is 1. The number of carbonyl (C=O) groups excluding carboxylic acids is 2. The smallest absolute Gasteiger partial charge is 0.253 e. The molecule has 1 fully saturated rings. The van der Waals surface area contributed by atoms with Gasteiger partial charge in [0.15, 0.2) is 5.58 Å². The van der Waals surface area contributed by atoms with E-state index < -0.39 is 5.91 Å². The molecule has 2 aromatic carbocycles. The fourth-order valence-corrected chi connectivity index (χ4v) is 4.22. The maximum absolute atomic E-state index is 13.4. The third-order valence-electron chi connectivity index (χ3n) is 5.89. The van der Waals surface area contributed by atoms with Crippen LogP contribution >= 0.6 is 12.4 Å². The predicted molar refractivity (Wildman–Crippen MR) is 123 cm³/mol. The average Bonchev–Trinajstić information content (AvgIpc) is 3.21. The first-order chi connectivity index (χ1) is 15.5. The van der Waals surface area contributed by atoms with Crippen LogP contribution in [0, 0.1) is 5.82 Å². The van der Waals surface area contributed by atoms with Gasteiger partial charge in [0.2, 0.25) is 0 Å². The second-order valence-corrected chi connectivity index (χ2v) is 7.83. The van der Waals surface area contributed by atoms with Crippen LogP contribution in [0.5, 0.6) is 5.75 Å². The molecule has 0 unspecified atom stereocenters. The number of amides is 2. The number of aromatic nitrogens is 1. The lowest BCUT2D eigenvalue weighted by Crippen LogP contribution is -2.39. The van der Waals surface area contributed by atoms with Crippen LogP contribution in [0.15, 0.2) is 40.9 Å². The Labute approximate surface area is 196 Å². The highest BCUT2D eigenvalue weighted by atomic mass is 35.5. The molecule has 1 aromatic heterocycles. The number of nitrogens with two attached hydrogens (primary N) is 1. The number of fused-ring (bicyclic) bond motifs is 1. The van der Waals surface area contributed by atoms with Gasteiger partial charge in [-0.3, -0.25) is 9.59 Å². The third-order valence-corrected chi connectivity index (χ3v) is 5.89. The fraction of sp³-hybridized carbons (Fsp3) is 0.348. The number of hydrogen-bond acceptors (Lipinski definition) is 6. The van der Waals surface area contributed by atoms with Crippen molar-refractivity contribution in [1.29, 1.82) is 0 Å². The van der Waals surface area contributed by atoms with Gasteiger partial charge in [-0.2, -0.15) is 0 Å². The number of hydrogen-bond donors (Lipinski definition) is 2. The largest absolute Gasteiger partial charge is 0.496 e. The molecule has 2 amide bonds. The van der Waals surface area contributed by atoms with Crippen LogP contribution in [-0.2, 0) is 0 Å².